The van der Waals surface area contributed by atoms with Crippen LogP contribution in [0.2, 0.25) is 5.02 Å². The third kappa shape index (κ3) is 3.08. The van der Waals surface area contributed by atoms with E-state index in [1.54, 1.807) is 31.3 Å². The molecule has 0 aliphatic carbocycles. The summed E-state index contributed by atoms with van der Waals surface area (Å²) < 4.78 is 33.9. The van der Waals surface area contributed by atoms with Gasteiger partial charge in [-0.05, 0) is 25.1 Å². The Kier molecular flexibility index (Phi) is 4.44. The average Bonchev–Trinajstić information content (AvgIpc) is 2.87. The predicted molar refractivity (Wildman–Crippen MR) is 89.4 cm³/mol. The van der Waals surface area contributed by atoms with Crippen molar-refractivity contribution in [1.82, 2.24) is 14.3 Å². The monoisotopic (exact) mass is 367 g/mol. The number of halogens is 1. The molecule has 0 amide bonds. The Bertz CT molecular complexity index is 1040. The summed E-state index contributed by atoms with van der Waals surface area (Å²) in [5.74, 6) is -0.556. The number of nitrogens with one attached hydrogen (secondary N) is 1. The summed E-state index contributed by atoms with van der Waals surface area (Å²) >= 11 is 6.12. The number of rotatable bonds is 5. The Labute approximate surface area is 142 Å². The molecule has 3 rings (SSSR count). The van der Waals surface area contributed by atoms with E-state index in [1.807, 2.05) is 0 Å². The second kappa shape index (κ2) is 6.39. The lowest BCUT2D eigenvalue weighted by molar-refractivity contribution is 0.512. The third-order valence-electron chi connectivity index (χ3n) is 3.50. The van der Waals surface area contributed by atoms with Crippen molar-refractivity contribution < 1.29 is 12.8 Å². The van der Waals surface area contributed by atoms with Gasteiger partial charge in [0.25, 0.3) is 0 Å². The first-order chi connectivity index (χ1) is 11.4. The van der Waals surface area contributed by atoms with E-state index in [2.05, 4.69) is 9.71 Å². The Balaban J connectivity index is 1.98. The third-order valence-corrected chi connectivity index (χ3v) is 5.36. The van der Waals surface area contributed by atoms with Crippen LogP contribution in [0.3, 0.4) is 0 Å². The molecule has 0 saturated heterocycles. The minimum absolute atomic E-state index is 0.0130. The van der Waals surface area contributed by atoms with E-state index in [9.17, 15) is 13.2 Å². The molecule has 126 valence electrons. The maximum absolute atomic E-state index is 12.5. The summed E-state index contributed by atoms with van der Waals surface area (Å²) in [6.45, 7) is 2.20. The Morgan fingerprint density at radius 2 is 2.12 bits per heavy atom. The second-order valence-corrected chi connectivity index (χ2v) is 7.15. The Morgan fingerprint density at radius 1 is 1.33 bits per heavy atom. The number of aryl methyl sites for hydroxylation is 1. The van der Waals surface area contributed by atoms with E-state index in [4.69, 9.17) is 16.0 Å². The van der Waals surface area contributed by atoms with Crippen LogP contribution < -0.4 is 10.5 Å². The number of hydrogen-bond donors (Lipinski definition) is 1. The summed E-state index contributed by atoms with van der Waals surface area (Å²) in [6.07, 6.45) is 1.57. The second-order valence-electron chi connectivity index (χ2n) is 5.01. The molecule has 0 aliphatic rings. The molecule has 2 aromatic heterocycles. The summed E-state index contributed by atoms with van der Waals surface area (Å²) in [4.78, 5) is 15.6. The molecule has 1 aromatic carbocycles. The lowest BCUT2D eigenvalue weighted by Crippen LogP contribution is -2.24. The van der Waals surface area contributed by atoms with Gasteiger partial charge in [-0.25, -0.2) is 17.9 Å². The standard InChI is InChI=1S/C15H14ClN3O4S/c1-2-19-12-7-11(16)14(8-13(12)23-15(19)20)24(21,22)18-9-10-5-3-4-6-17-10/h3-8,18H,2,9H2,1H3. The minimum atomic E-state index is -3.88. The molecule has 2 heterocycles. The fourth-order valence-electron chi connectivity index (χ4n) is 2.32. The van der Waals surface area contributed by atoms with E-state index < -0.39 is 15.8 Å². The highest BCUT2D eigenvalue weighted by atomic mass is 35.5. The van der Waals surface area contributed by atoms with Crippen LogP contribution in [-0.2, 0) is 23.1 Å². The van der Waals surface area contributed by atoms with Gasteiger partial charge in [-0.3, -0.25) is 9.55 Å². The zero-order chi connectivity index (χ0) is 17.3. The van der Waals surface area contributed by atoms with Crippen molar-refractivity contribution >= 4 is 32.7 Å². The van der Waals surface area contributed by atoms with Crippen molar-refractivity contribution in [2.45, 2.75) is 24.9 Å². The zero-order valence-electron chi connectivity index (χ0n) is 12.7. The van der Waals surface area contributed by atoms with Crippen LogP contribution in [0, 0.1) is 0 Å². The molecule has 0 atom stereocenters. The number of benzene rings is 1. The molecule has 9 heteroatoms. The molecule has 24 heavy (non-hydrogen) atoms. The van der Waals surface area contributed by atoms with Crippen LogP contribution in [0.4, 0.5) is 0 Å². The van der Waals surface area contributed by atoms with Gasteiger partial charge in [0.15, 0.2) is 5.58 Å². The minimum Gasteiger partial charge on any atom is -0.408 e. The molecule has 0 aliphatic heterocycles. The highest BCUT2D eigenvalue weighted by Crippen LogP contribution is 2.27. The predicted octanol–water partition coefficient (Wildman–Crippen LogP) is 2.14. The molecule has 3 aromatic rings. The quantitative estimate of drug-likeness (QED) is 0.745. The fraction of sp³-hybridized carbons (Fsp3) is 0.200. The van der Waals surface area contributed by atoms with Crippen LogP contribution in [0.1, 0.15) is 12.6 Å². The van der Waals surface area contributed by atoms with Crippen molar-refractivity contribution in [3.8, 4) is 0 Å². The first kappa shape index (κ1) is 16.7. The smallest absolute Gasteiger partial charge is 0.408 e. The number of oxazole rings is 1. The zero-order valence-corrected chi connectivity index (χ0v) is 14.3. The Hall–Kier alpha value is -2.16. The molecule has 0 radical (unpaired) electrons. The molecule has 0 saturated carbocycles. The lowest BCUT2D eigenvalue weighted by atomic mass is 10.3. The van der Waals surface area contributed by atoms with E-state index in [0.717, 1.165) is 0 Å². The molecule has 0 spiro atoms. The van der Waals surface area contributed by atoms with Crippen molar-refractivity contribution in [3.63, 3.8) is 0 Å². The van der Waals surface area contributed by atoms with Gasteiger partial charge < -0.3 is 4.42 Å². The van der Waals surface area contributed by atoms with Crippen LogP contribution >= 0.6 is 11.6 Å². The maximum Gasteiger partial charge on any atom is 0.419 e. The molecule has 1 N–H and O–H groups in total. The maximum atomic E-state index is 12.5. The number of pyridine rings is 1. The topological polar surface area (TPSA) is 94.2 Å². The van der Waals surface area contributed by atoms with Crippen molar-refractivity contribution in [1.29, 1.82) is 0 Å². The molecule has 0 unspecified atom stereocenters. The normalized spacial score (nSPS) is 11.9. The van der Waals surface area contributed by atoms with E-state index >= 15 is 0 Å². The highest BCUT2D eigenvalue weighted by Gasteiger charge is 2.21. The molecular formula is C15H14ClN3O4S. The number of aromatic nitrogens is 2. The van der Waals surface area contributed by atoms with E-state index in [1.165, 1.54) is 16.7 Å². The van der Waals surface area contributed by atoms with E-state index in [0.29, 0.717) is 17.8 Å². The average molecular weight is 368 g/mol. The van der Waals surface area contributed by atoms with Gasteiger partial charge in [-0.15, -0.1) is 0 Å². The summed E-state index contributed by atoms with van der Waals surface area (Å²) in [7, 11) is -3.88. The first-order valence-corrected chi connectivity index (χ1v) is 9.01. The molecule has 0 fully saturated rings. The summed E-state index contributed by atoms with van der Waals surface area (Å²) in [5.41, 5.74) is 1.20. The number of fused-ring (bicyclic) bond motifs is 1. The van der Waals surface area contributed by atoms with Gasteiger partial charge in [0.1, 0.15) is 4.90 Å². The summed E-state index contributed by atoms with van der Waals surface area (Å²) in [5, 5.41) is 0.0130. The van der Waals surface area contributed by atoms with Gasteiger partial charge in [0.05, 0.1) is 22.8 Å². The molecule has 7 nitrogen and oxygen atoms in total. The van der Waals surface area contributed by atoms with Crippen LogP contribution in [0.25, 0.3) is 11.1 Å². The van der Waals surface area contributed by atoms with Crippen LogP contribution in [-0.4, -0.2) is 18.0 Å². The number of sulfonamides is 1. The van der Waals surface area contributed by atoms with Gasteiger partial charge in [-0.2, -0.15) is 0 Å². The van der Waals surface area contributed by atoms with Crippen molar-refractivity contribution in [3.05, 3.63) is 57.8 Å². The largest absolute Gasteiger partial charge is 0.419 e. The van der Waals surface area contributed by atoms with Crippen molar-refractivity contribution in [2.75, 3.05) is 0 Å². The first-order valence-electron chi connectivity index (χ1n) is 7.15. The number of hydrogen-bond acceptors (Lipinski definition) is 5. The molecule has 0 bridgehead atoms. The SMILES string of the molecule is CCn1c(=O)oc2cc(S(=O)(=O)NCc3ccccn3)c(Cl)cc21. The Morgan fingerprint density at radius 3 is 2.79 bits per heavy atom. The van der Waals surface area contributed by atoms with Crippen LogP contribution in [0.5, 0.6) is 0 Å². The number of nitrogens with zero attached hydrogens (tertiary/aromatic N) is 2. The van der Waals surface area contributed by atoms with Crippen LogP contribution in [0.15, 0.2) is 50.6 Å². The fourth-order valence-corrected chi connectivity index (χ4v) is 3.85. The van der Waals surface area contributed by atoms with Gasteiger partial charge in [0, 0.05) is 18.8 Å². The summed E-state index contributed by atoms with van der Waals surface area (Å²) in [6, 6.07) is 7.88. The van der Waals surface area contributed by atoms with Crippen molar-refractivity contribution in [2.24, 2.45) is 0 Å². The van der Waals surface area contributed by atoms with E-state index in [-0.39, 0.29) is 22.0 Å². The highest BCUT2D eigenvalue weighted by molar-refractivity contribution is 7.89. The lowest BCUT2D eigenvalue weighted by Gasteiger charge is -2.08. The molecular weight excluding hydrogens is 354 g/mol. The van der Waals surface area contributed by atoms with Gasteiger partial charge >= 0.3 is 5.76 Å². The van der Waals surface area contributed by atoms with Gasteiger partial charge in [-0.1, -0.05) is 17.7 Å². The van der Waals surface area contributed by atoms with Gasteiger partial charge in [0.2, 0.25) is 10.0 Å².